The molecule has 8 heterocycles. The smallest absolute Gasteiger partial charge is 0.192 e. The predicted octanol–water partition coefficient (Wildman–Crippen LogP) is 12.2. The summed E-state index contributed by atoms with van der Waals surface area (Å²) in [6, 6.07) is 9.65. The standard InChI is InChI=1S/C57H100O12Si3/c1-15-25-46-53(69-72(22-8,23-9)24-10)56-55-54(64-46)52-50(65-55)36-57(66-52,67-56)30-28-42-33-39(12)45(61-42)27-26-41-32-38(11)40(13)47(62-41)35-48-44(29-31-58)51(59-14)49(63-48)34-43(68-71(19-5,20-6)21-7)37-60-70(16-2,17-3)18-4/h15,31,38,41-56H,1,12-13,16-30,32-37H2,2-11,14H3/t38?,41?,42?,43?,44?,45-,46-,47?,48-,49+,50+,51+,52?,53?,54-,55?,56?,57-/m0/s1. The number of carbonyl (C=O) groups excluding carboxylic acids is 1. The van der Waals surface area contributed by atoms with Crippen LogP contribution >= 0.6 is 0 Å². The number of ether oxygens (including phenoxy) is 8. The van der Waals surface area contributed by atoms with E-state index in [9.17, 15) is 4.79 Å². The van der Waals surface area contributed by atoms with Gasteiger partial charge in [-0.15, -0.1) is 6.58 Å². The molecule has 6 bridgehead atoms. The maximum Gasteiger partial charge on any atom is 0.192 e. The largest absolute Gasteiger partial charge is 0.414 e. The molecular weight excluding hydrogens is 961 g/mol. The Labute approximate surface area is 439 Å². The Morgan fingerprint density at radius 2 is 1.33 bits per heavy atom. The van der Waals surface area contributed by atoms with E-state index in [0.717, 1.165) is 104 Å². The monoisotopic (exact) mass is 1060 g/mol. The molecule has 0 N–H and O–H groups in total. The fraction of sp³-hybridized carbons (Fsp3) is 0.877. The third-order valence-electron chi connectivity index (χ3n) is 19.6. The van der Waals surface area contributed by atoms with E-state index >= 15 is 0 Å². The van der Waals surface area contributed by atoms with Crippen LogP contribution in [0.2, 0.25) is 54.4 Å². The second kappa shape index (κ2) is 25.7. The van der Waals surface area contributed by atoms with Crippen LogP contribution in [-0.2, 0) is 56.0 Å². The van der Waals surface area contributed by atoms with Gasteiger partial charge in [-0.3, -0.25) is 0 Å². The van der Waals surface area contributed by atoms with Crippen LogP contribution < -0.4 is 0 Å². The Morgan fingerprint density at radius 3 is 1.96 bits per heavy atom. The minimum atomic E-state index is -2.00. The highest BCUT2D eigenvalue weighted by atomic mass is 28.4. The van der Waals surface area contributed by atoms with E-state index < -0.39 is 30.7 Å². The van der Waals surface area contributed by atoms with Crippen molar-refractivity contribution in [3.63, 3.8) is 0 Å². The fourth-order valence-electron chi connectivity index (χ4n) is 14.2. The maximum atomic E-state index is 12.3. The van der Waals surface area contributed by atoms with Gasteiger partial charge in [0.15, 0.2) is 30.7 Å². The van der Waals surface area contributed by atoms with Crippen LogP contribution in [0.3, 0.4) is 0 Å². The number of hydrogen-bond donors (Lipinski definition) is 0. The summed E-state index contributed by atoms with van der Waals surface area (Å²) in [6.07, 6.45) is 8.89. The molecule has 0 aromatic heterocycles. The Hall–Kier alpha value is -0.899. The quantitative estimate of drug-likeness (QED) is 0.0374. The van der Waals surface area contributed by atoms with Crippen LogP contribution in [0.25, 0.3) is 0 Å². The zero-order valence-corrected chi connectivity index (χ0v) is 49.8. The lowest BCUT2D eigenvalue weighted by Crippen LogP contribution is -2.62. The first-order valence-corrected chi connectivity index (χ1v) is 36.8. The lowest BCUT2D eigenvalue weighted by Gasteiger charge is -2.47. The van der Waals surface area contributed by atoms with Crippen LogP contribution in [0.1, 0.15) is 140 Å². The van der Waals surface area contributed by atoms with Gasteiger partial charge in [0.25, 0.3) is 0 Å². The molecule has 15 heteroatoms. The zero-order chi connectivity index (χ0) is 52.0. The minimum absolute atomic E-state index is 0.0317. The molecule has 0 radical (unpaired) electrons. The molecule has 8 aliphatic rings. The summed E-state index contributed by atoms with van der Waals surface area (Å²) in [5.74, 6) is -0.573. The molecule has 0 amide bonds. The molecule has 0 saturated carbocycles. The van der Waals surface area contributed by atoms with Gasteiger partial charge in [0.1, 0.15) is 36.8 Å². The highest BCUT2D eigenvalue weighted by molar-refractivity contribution is 6.74. The van der Waals surface area contributed by atoms with Gasteiger partial charge in [-0.2, -0.15) is 0 Å². The average Bonchev–Trinajstić information content (AvgIpc) is 4.08. The third-order valence-corrected chi connectivity index (χ3v) is 33.6. The summed E-state index contributed by atoms with van der Waals surface area (Å²) in [5.41, 5.74) is 2.25. The van der Waals surface area contributed by atoms with Crippen molar-refractivity contribution >= 4 is 31.2 Å². The van der Waals surface area contributed by atoms with Gasteiger partial charge in [0, 0.05) is 45.1 Å². The maximum absolute atomic E-state index is 12.3. The van der Waals surface area contributed by atoms with Gasteiger partial charge in [-0.25, -0.2) is 0 Å². The second-order valence-corrected chi connectivity index (χ2v) is 37.3. The molecule has 12 nitrogen and oxygen atoms in total. The van der Waals surface area contributed by atoms with Gasteiger partial charge in [-0.1, -0.05) is 88.5 Å². The highest BCUT2D eigenvalue weighted by Crippen LogP contribution is 2.54. The molecule has 8 fully saturated rings. The number of carbonyl (C=O) groups is 1. The van der Waals surface area contributed by atoms with Gasteiger partial charge >= 0.3 is 0 Å². The third kappa shape index (κ3) is 12.5. The molecule has 0 spiro atoms. The van der Waals surface area contributed by atoms with Crippen molar-refractivity contribution in [1.82, 2.24) is 0 Å². The van der Waals surface area contributed by atoms with Crippen LogP contribution in [0.4, 0.5) is 0 Å². The van der Waals surface area contributed by atoms with Crippen molar-refractivity contribution in [3.8, 4) is 0 Å². The molecular formula is C57H100O12Si3. The summed E-state index contributed by atoms with van der Waals surface area (Å²) in [5, 5.41) is 0. The van der Waals surface area contributed by atoms with Crippen LogP contribution in [0.5, 0.6) is 0 Å². The first-order chi connectivity index (χ1) is 34.6. The molecule has 412 valence electrons. The van der Waals surface area contributed by atoms with Gasteiger partial charge in [-0.05, 0) is 110 Å². The first-order valence-electron chi connectivity index (χ1n) is 29.2. The molecule has 0 aliphatic carbocycles. The lowest BCUT2D eigenvalue weighted by atomic mass is 9.82. The van der Waals surface area contributed by atoms with E-state index in [1.807, 2.05) is 6.08 Å². The van der Waals surface area contributed by atoms with Crippen LogP contribution in [0, 0.1) is 11.8 Å². The number of methoxy groups -OCH3 is 1. The Balaban J connectivity index is 0.962. The van der Waals surface area contributed by atoms with Gasteiger partial charge in [0.05, 0.1) is 67.6 Å². The summed E-state index contributed by atoms with van der Waals surface area (Å²) >= 11 is 0. The molecule has 8 aliphatic heterocycles. The Kier molecular flexibility index (Phi) is 21.0. The molecule has 8 rings (SSSR count). The summed E-state index contributed by atoms with van der Waals surface area (Å²) in [7, 11) is -4.07. The normalized spacial score (nSPS) is 38.2. The number of hydrogen-bond acceptors (Lipinski definition) is 12. The van der Waals surface area contributed by atoms with Crippen molar-refractivity contribution in [2.24, 2.45) is 11.8 Å². The SMILES string of the molecule is C=CC[C@@H]1O[C@@H]2C3O[C@@H]4C[C@](CCC5CC(=C)[C@H](CCC6CC(C)C(=C)C(C[C@@H]7O[C@H](CC(CO[Si](CC)(CC)CC)O[Si](CC)(CC)CC)[C@H](OC)C7CC=O)O6)O5)(OC3C1O[Si](CC)(CC)CC)OC24. The summed E-state index contributed by atoms with van der Waals surface area (Å²) in [4.78, 5) is 12.3. The Morgan fingerprint density at radius 1 is 0.694 bits per heavy atom. The minimum Gasteiger partial charge on any atom is -0.414 e. The van der Waals surface area contributed by atoms with Crippen molar-refractivity contribution in [3.05, 3.63) is 37.0 Å². The Bertz CT molecular complexity index is 1750. The van der Waals surface area contributed by atoms with E-state index in [2.05, 4.69) is 89.0 Å². The van der Waals surface area contributed by atoms with Gasteiger partial charge < -0.3 is 56.0 Å². The van der Waals surface area contributed by atoms with E-state index in [1.165, 1.54) is 0 Å². The topological polar surface area (TPSA) is 119 Å². The number of rotatable bonds is 31. The summed E-state index contributed by atoms with van der Waals surface area (Å²) in [6.45, 7) is 36.6. The second-order valence-electron chi connectivity index (χ2n) is 23.1. The lowest BCUT2D eigenvalue weighted by molar-refractivity contribution is -0.271. The molecule has 8 saturated heterocycles. The van der Waals surface area contributed by atoms with E-state index in [-0.39, 0.29) is 103 Å². The molecule has 0 aromatic carbocycles. The van der Waals surface area contributed by atoms with Crippen LogP contribution in [-0.4, -0.2) is 142 Å². The van der Waals surface area contributed by atoms with Crippen LogP contribution in [0.15, 0.2) is 37.0 Å². The molecule has 0 aromatic rings. The summed E-state index contributed by atoms with van der Waals surface area (Å²) < 4.78 is 76.3. The first kappa shape index (κ1) is 58.8. The van der Waals surface area contributed by atoms with E-state index in [0.29, 0.717) is 45.1 Å². The van der Waals surface area contributed by atoms with E-state index in [4.69, 9.17) is 51.2 Å². The molecule has 10 unspecified atom stereocenters. The fourth-order valence-corrected chi connectivity index (χ4v) is 22.5. The highest BCUT2D eigenvalue weighted by Gasteiger charge is 2.68. The van der Waals surface area contributed by atoms with Gasteiger partial charge in [0.2, 0.25) is 0 Å². The zero-order valence-electron chi connectivity index (χ0n) is 46.8. The van der Waals surface area contributed by atoms with Crippen molar-refractivity contribution in [2.75, 3.05) is 13.7 Å². The predicted molar refractivity (Wildman–Crippen MR) is 292 cm³/mol. The van der Waals surface area contributed by atoms with Crippen molar-refractivity contribution in [2.45, 2.75) is 292 Å². The van der Waals surface area contributed by atoms with E-state index in [1.54, 1.807) is 7.11 Å². The molecule has 72 heavy (non-hydrogen) atoms. The molecule has 18 atom stereocenters. The van der Waals surface area contributed by atoms with Crippen molar-refractivity contribution < 1.29 is 56.0 Å². The average molecular weight is 1060 g/mol. The van der Waals surface area contributed by atoms with Crippen molar-refractivity contribution in [1.29, 1.82) is 0 Å². The number of aldehydes is 1.